The maximum Gasteiger partial charge on any atom is 0.302 e. The van der Waals surface area contributed by atoms with E-state index in [-0.39, 0.29) is 12.6 Å². The molecular weight excluding hydrogens is 176 g/mol. The molecule has 13 heavy (non-hydrogen) atoms. The van der Waals surface area contributed by atoms with E-state index in [2.05, 4.69) is 9.47 Å². The molecule has 0 aliphatic carbocycles. The molecule has 0 amide bonds. The Balaban J connectivity index is -0.0000000446. The molecule has 0 unspecified atom stereocenters. The lowest BCUT2D eigenvalue weighted by Crippen LogP contribution is -1.88. The Morgan fingerprint density at radius 1 is 1.23 bits per heavy atom. The summed E-state index contributed by atoms with van der Waals surface area (Å²) < 4.78 is 8.36. The van der Waals surface area contributed by atoms with Crippen LogP contribution in [0.5, 0.6) is 0 Å². The molecule has 0 rings (SSSR count). The molecule has 0 aromatic rings. The zero-order valence-corrected chi connectivity index (χ0v) is 9.33. The number of methoxy groups -OCH3 is 2. The average molecular weight is 198 g/mol. The predicted molar refractivity (Wildman–Crippen MR) is 51.5 cm³/mol. The lowest BCUT2D eigenvalue weighted by molar-refractivity contribution is -0.137. The van der Waals surface area contributed by atoms with Crippen molar-refractivity contribution in [3.05, 3.63) is 0 Å². The van der Waals surface area contributed by atoms with E-state index in [0.717, 1.165) is 7.11 Å². The molecule has 0 aromatic carbocycles. The van der Waals surface area contributed by atoms with Gasteiger partial charge in [0.15, 0.2) is 0 Å². The van der Waals surface area contributed by atoms with E-state index in [0.29, 0.717) is 0 Å². The molecule has 0 spiro atoms. The largest absolute Gasteiger partial charge is 0.469 e. The predicted octanol–water partition coefficient (Wildman–Crippen LogP) is 0.0490. The first-order valence-electron chi connectivity index (χ1n) is 3.60. The van der Waals surface area contributed by atoms with Crippen molar-refractivity contribution < 1.29 is 24.5 Å². The number of esters is 1. The topological polar surface area (TPSA) is 76.0 Å². The zero-order chi connectivity index (χ0) is 11.7. The van der Waals surface area contributed by atoms with Crippen molar-refractivity contribution in [2.45, 2.75) is 13.8 Å². The number of rotatable bonds is 0. The average Bonchev–Trinajstić information content (AvgIpc) is 2.11. The summed E-state index contributed by atoms with van der Waals surface area (Å²) in [6.45, 7) is 3.29. The van der Waals surface area contributed by atoms with Crippen LogP contribution < -0.4 is 0 Å². The van der Waals surface area contributed by atoms with Crippen LogP contribution in [0, 0.1) is 0 Å². The van der Waals surface area contributed by atoms with Gasteiger partial charge in [-0.15, -0.1) is 0 Å². The van der Waals surface area contributed by atoms with Crippen LogP contribution in [0.2, 0.25) is 0 Å². The van der Waals surface area contributed by atoms with Gasteiger partial charge in [-0.3, -0.25) is 4.79 Å². The maximum absolute atomic E-state index is 9.59. The van der Waals surface area contributed by atoms with Crippen LogP contribution in [0.15, 0.2) is 0 Å². The molecule has 5 heteroatoms. The highest BCUT2D eigenvalue weighted by Crippen LogP contribution is 1.60. The van der Waals surface area contributed by atoms with E-state index < -0.39 is 0 Å². The first-order valence-corrected chi connectivity index (χ1v) is 3.60. The highest BCUT2D eigenvalue weighted by atomic mass is 16.5. The molecule has 0 saturated carbocycles. The minimum Gasteiger partial charge on any atom is -0.469 e. The summed E-state index contributed by atoms with van der Waals surface area (Å²) in [7, 11) is 5.60. The van der Waals surface area contributed by atoms with Gasteiger partial charge >= 0.3 is 5.97 Å². The Morgan fingerprint density at radius 2 is 1.31 bits per heavy atom. The van der Waals surface area contributed by atoms with Crippen LogP contribution in [0.1, 0.15) is 13.8 Å². The Hall–Kier alpha value is -0.650. The van der Waals surface area contributed by atoms with Gasteiger partial charge < -0.3 is 19.7 Å². The van der Waals surface area contributed by atoms with Crippen LogP contribution in [-0.2, 0) is 14.3 Å². The molecule has 0 saturated heterocycles. The van der Waals surface area contributed by atoms with Gasteiger partial charge in [0.1, 0.15) is 0 Å². The van der Waals surface area contributed by atoms with Crippen molar-refractivity contribution >= 4 is 5.97 Å². The lowest BCUT2D eigenvalue weighted by Gasteiger charge is -1.80. The molecule has 84 valence electrons. The van der Waals surface area contributed by atoms with Crippen LogP contribution in [0.4, 0.5) is 0 Å². The molecule has 0 atom stereocenters. The number of hydrogen-bond donors (Lipinski definition) is 2. The summed E-state index contributed by atoms with van der Waals surface area (Å²) in [4.78, 5) is 9.59. The van der Waals surface area contributed by atoms with Gasteiger partial charge in [0.05, 0.1) is 7.11 Å². The van der Waals surface area contributed by atoms with Gasteiger partial charge in [-0.2, -0.15) is 0 Å². The van der Waals surface area contributed by atoms with E-state index in [1.807, 2.05) is 0 Å². The van der Waals surface area contributed by atoms with Gasteiger partial charge in [0.25, 0.3) is 0 Å². The Labute approximate surface area is 80.3 Å². The third kappa shape index (κ3) is 544. The smallest absolute Gasteiger partial charge is 0.302 e. The van der Waals surface area contributed by atoms with Crippen molar-refractivity contribution in [3.63, 3.8) is 0 Å². The van der Waals surface area contributed by atoms with Crippen LogP contribution in [0.3, 0.4) is 0 Å². The van der Waals surface area contributed by atoms with Crippen molar-refractivity contribution in [2.24, 2.45) is 0 Å². The van der Waals surface area contributed by atoms with E-state index in [1.165, 1.54) is 14.0 Å². The van der Waals surface area contributed by atoms with Gasteiger partial charge in [-0.1, -0.05) is 0 Å². The van der Waals surface area contributed by atoms with Crippen molar-refractivity contribution in [1.29, 1.82) is 0 Å². The van der Waals surface area contributed by atoms with Gasteiger partial charge in [0, 0.05) is 34.9 Å². The fraction of sp³-hybridized carbons (Fsp3) is 0.875. The van der Waals surface area contributed by atoms with Gasteiger partial charge in [-0.25, -0.2) is 0 Å². The first kappa shape index (κ1) is 22.8. The van der Waals surface area contributed by atoms with Gasteiger partial charge in [-0.05, 0) is 6.92 Å². The van der Waals surface area contributed by atoms with Crippen molar-refractivity contribution in [2.75, 3.05) is 35.0 Å². The number of carbonyl (C=O) groups excluding carboxylic acids is 1. The van der Waals surface area contributed by atoms with Crippen molar-refractivity contribution in [1.82, 2.24) is 0 Å². The highest BCUT2D eigenvalue weighted by Gasteiger charge is 1.75. The molecular formula is C8H22O5. The van der Waals surface area contributed by atoms with Crippen LogP contribution in [0.25, 0.3) is 0 Å². The molecule has 0 bridgehead atoms. The normalized spacial score (nSPS) is 5.85. The first-order chi connectivity index (χ1) is 6.10. The second-order valence-corrected chi connectivity index (χ2v) is 1.42. The summed E-state index contributed by atoms with van der Waals surface area (Å²) in [6, 6.07) is 0. The number of hydrogen-bond acceptors (Lipinski definition) is 5. The molecule has 0 aliphatic heterocycles. The Kier molecular flexibility index (Phi) is 74.6. The summed E-state index contributed by atoms with van der Waals surface area (Å²) >= 11 is 0. The Morgan fingerprint density at radius 3 is 1.31 bits per heavy atom. The summed E-state index contributed by atoms with van der Waals surface area (Å²) in [5.41, 5.74) is 0. The number of aliphatic hydroxyl groups is 2. The molecule has 0 radical (unpaired) electrons. The minimum atomic E-state index is -0.245. The number of carbonyl (C=O) groups is 1. The summed E-state index contributed by atoms with van der Waals surface area (Å²) in [5.74, 6) is -0.245. The van der Waals surface area contributed by atoms with E-state index >= 15 is 0 Å². The molecule has 0 aliphatic rings. The second kappa shape index (κ2) is 42.5. The lowest BCUT2D eigenvalue weighted by atomic mass is 10.8. The summed E-state index contributed by atoms with van der Waals surface area (Å²) in [6.07, 6.45) is 0. The second-order valence-electron chi connectivity index (χ2n) is 1.42. The Bertz CT molecular complexity index is 63.6. The van der Waals surface area contributed by atoms with E-state index in [1.54, 1.807) is 21.1 Å². The molecule has 0 aromatic heterocycles. The SMILES string of the molecule is CCO.CO.COC.COC(C)=O. The maximum atomic E-state index is 9.59. The fourth-order valence-corrected chi connectivity index (χ4v) is 0. The molecule has 0 heterocycles. The number of aliphatic hydroxyl groups excluding tert-OH is 2. The minimum absolute atomic E-state index is 0.245. The molecule has 0 fully saturated rings. The quantitative estimate of drug-likeness (QED) is 0.538. The van der Waals surface area contributed by atoms with Gasteiger partial charge in [0.2, 0.25) is 0 Å². The third-order valence-electron chi connectivity index (χ3n) is 0.287. The van der Waals surface area contributed by atoms with E-state index in [4.69, 9.17) is 10.2 Å². The number of ether oxygens (including phenoxy) is 2. The summed E-state index contributed by atoms with van der Waals surface area (Å²) in [5, 5.41) is 14.6. The zero-order valence-electron chi connectivity index (χ0n) is 9.33. The monoisotopic (exact) mass is 198 g/mol. The van der Waals surface area contributed by atoms with Crippen LogP contribution in [-0.4, -0.2) is 51.2 Å². The molecule has 2 N–H and O–H groups in total. The highest BCUT2D eigenvalue weighted by molar-refractivity contribution is 5.65. The van der Waals surface area contributed by atoms with Crippen LogP contribution >= 0.6 is 0 Å². The standard InChI is InChI=1S/C3H6O2.2C2H6O.CH4O/c1-3(4)5-2;1-3-2;1-2-3;1-2/h1-2H3;1-2H3;3H,2H2,1H3;2H,1H3. The van der Waals surface area contributed by atoms with E-state index in [9.17, 15) is 4.79 Å². The fourth-order valence-electron chi connectivity index (χ4n) is 0. The van der Waals surface area contributed by atoms with Crippen molar-refractivity contribution in [3.8, 4) is 0 Å². The third-order valence-corrected chi connectivity index (χ3v) is 0.287. The molecule has 5 nitrogen and oxygen atoms in total.